The Bertz CT molecular complexity index is 446. The summed E-state index contributed by atoms with van der Waals surface area (Å²) in [6.07, 6.45) is 2.31. The van der Waals surface area contributed by atoms with E-state index in [1.807, 2.05) is 0 Å². The predicted molar refractivity (Wildman–Crippen MR) is 81.2 cm³/mol. The molecule has 0 aliphatic rings. The number of halogens is 2. The van der Waals surface area contributed by atoms with Crippen molar-refractivity contribution in [2.75, 3.05) is 40.5 Å². The van der Waals surface area contributed by atoms with E-state index in [0.29, 0.717) is 36.3 Å². The van der Waals surface area contributed by atoms with E-state index in [9.17, 15) is 4.79 Å². The largest absolute Gasteiger partial charge is 0.385 e. The maximum atomic E-state index is 12.5. The fourth-order valence-corrected chi connectivity index (χ4v) is 2.17. The third kappa shape index (κ3) is 5.36. The van der Waals surface area contributed by atoms with Crippen molar-refractivity contribution in [1.82, 2.24) is 9.88 Å². The van der Waals surface area contributed by atoms with Gasteiger partial charge in [-0.15, -0.1) is 0 Å². The summed E-state index contributed by atoms with van der Waals surface area (Å²) in [5.74, 6) is -0.156. The number of amides is 1. The van der Waals surface area contributed by atoms with Crippen LogP contribution in [0.25, 0.3) is 0 Å². The number of rotatable bonds is 8. The quantitative estimate of drug-likeness (QED) is 0.525. The van der Waals surface area contributed by atoms with E-state index >= 15 is 0 Å². The summed E-state index contributed by atoms with van der Waals surface area (Å²) in [5.41, 5.74) is 0.384. The summed E-state index contributed by atoms with van der Waals surface area (Å²) in [6.45, 7) is 2.15. The van der Waals surface area contributed by atoms with Gasteiger partial charge in [-0.3, -0.25) is 4.79 Å². The normalized spacial score (nSPS) is 10.6. The van der Waals surface area contributed by atoms with Gasteiger partial charge in [0.15, 0.2) is 0 Å². The molecule has 5 nitrogen and oxygen atoms in total. The van der Waals surface area contributed by atoms with Crippen LogP contribution in [0.1, 0.15) is 16.8 Å². The Labute approximate surface area is 132 Å². The highest BCUT2D eigenvalue weighted by molar-refractivity contribution is 9.10. The minimum Gasteiger partial charge on any atom is -0.385 e. The summed E-state index contributed by atoms with van der Waals surface area (Å²) in [5, 5.41) is 0.201. The van der Waals surface area contributed by atoms with Crippen molar-refractivity contribution >= 4 is 33.4 Å². The molecule has 7 heteroatoms. The Kier molecular flexibility index (Phi) is 8.06. The first-order valence-corrected chi connectivity index (χ1v) is 7.35. The molecule has 1 aromatic rings. The number of methoxy groups -OCH3 is 2. The molecule has 0 saturated heterocycles. The lowest BCUT2D eigenvalue weighted by molar-refractivity contribution is 0.0674. The monoisotopic (exact) mass is 364 g/mol. The predicted octanol–water partition coefficient (Wildman–Crippen LogP) is 2.62. The zero-order valence-electron chi connectivity index (χ0n) is 11.6. The second kappa shape index (κ2) is 9.28. The first kappa shape index (κ1) is 17.4. The zero-order chi connectivity index (χ0) is 15.0. The summed E-state index contributed by atoms with van der Waals surface area (Å²) in [4.78, 5) is 18.2. The van der Waals surface area contributed by atoms with Gasteiger partial charge in [-0.25, -0.2) is 4.98 Å². The molecule has 0 N–H and O–H groups in total. The van der Waals surface area contributed by atoms with Gasteiger partial charge in [0.1, 0.15) is 5.15 Å². The molecule has 0 unspecified atom stereocenters. The number of nitrogens with zero attached hydrogens (tertiary/aromatic N) is 2. The third-order valence-corrected chi connectivity index (χ3v) is 3.40. The van der Waals surface area contributed by atoms with Gasteiger partial charge in [0.05, 0.1) is 12.2 Å². The molecule has 1 aromatic heterocycles. The van der Waals surface area contributed by atoms with Gasteiger partial charge in [-0.2, -0.15) is 0 Å². The molecule has 0 atom stereocenters. The minimum absolute atomic E-state index is 0.156. The van der Waals surface area contributed by atoms with Crippen molar-refractivity contribution in [1.29, 1.82) is 0 Å². The Morgan fingerprint density at radius 1 is 1.35 bits per heavy atom. The lowest BCUT2D eigenvalue weighted by Gasteiger charge is -2.22. The number of hydrogen-bond donors (Lipinski definition) is 0. The van der Waals surface area contributed by atoms with Crippen LogP contribution in [0.15, 0.2) is 16.7 Å². The van der Waals surface area contributed by atoms with Crippen LogP contribution in [0.2, 0.25) is 5.15 Å². The van der Waals surface area contributed by atoms with E-state index < -0.39 is 0 Å². The summed E-state index contributed by atoms with van der Waals surface area (Å²) < 4.78 is 10.8. The van der Waals surface area contributed by atoms with Crippen LogP contribution in [0.3, 0.4) is 0 Å². The Morgan fingerprint density at radius 2 is 2.05 bits per heavy atom. The Hall–Kier alpha value is -0.690. The average Bonchev–Trinajstić information content (AvgIpc) is 2.44. The summed E-state index contributed by atoms with van der Waals surface area (Å²) in [7, 11) is 3.24. The lowest BCUT2D eigenvalue weighted by Crippen LogP contribution is -2.35. The maximum Gasteiger partial charge on any atom is 0.257 e. The van der Waals surface area contributed by atoms with E-state index in [0.717, 1.165) is 6.42 Å². The number of aromatic nitrogens is 1. The number of pyridine rings is 1. The second-order valence-electron chi connectivity index (χ2n) is 4.12. The fourth-order valence-electron chi connectivity index (χ4n) is 1.66. The van der Waals surface area contributed by atoms with E-state index in [4.69, 9.17) is 21.1 Å². The van der Waals surface area contributed by atoms with Crippen LogP contribution < -0.4 is 0 Å². The molecule has 0 spiro atoms. The van der Waals surface area contributed by atoms with Crippen LogP contribution in [0.4, 0.5) is 0 Å². The fraction of sp³-hybridized carbons (Fsp3) is 0.538. The molecule has 1 heterocycles. The number of carbonyl (C=O) groups is 1. The van der Waals surface area contributed by atoms with E-state index in [2.05, 4.69) is 20.9 Å². The molecular formula is C13H18BrClN2O3. The van der Waals surface area contributed by atoms with Crippen molar-refractivity contribution in [2.45, 2.75) is 6.42 Å². The Morgan fingerprint density at radius 3 is 2.70 bits per heavy atom. The second-order valence-corrected chi connectivity index (χ2v) is 5.40. The SMILES string of the molecule is COCCCN(CCOC)C(=O)c1cc(Br)cnc1Cl. The standard InChI is InChI=1S/C13H18BrClN2O3/c1-19-6-3-4-17(5-7-20-2)13(18)11-8-10(14)9-16-12(11)15/h8-9H,3-7H2,1-2H3. The molecule has 112 valence electrons. The molecule has 1 rings (SSSR count). The third-order valence-electron chi connectivity index (χ3n) is 2.67. The maximum absolute atomic E-state index is 12.5. The minimum atomic E-state index is -0.156. The van der Waals surface area contributed by atoms with Crippen LogP contribution >= 0.6 is 27.5 Å². The van der Waals surface area contributed by atoms with E-state index in [-0.39, 0.29) is 11.1 Å². The zero-order valence-corrected chi connectivity index (χ0v) is 13.9. The molecule has 0 aromatic carbocycles. The van der Waals surface area contributed by atoms with Crippen molar-refractivity contribution < 1.29 is 14.3 Å². The molecule has 0 radical (unpaired) electrons. The summed E-state index contributed by atoms with van der Waals surface area (Å²) >= 11 is 9.29. The highest BCUT2D eigenvalue weighted by Crippen LogP contribution is 2.19. The van der Waals surface area contributed by atoms with Gasteiger partial charge in [0.2, 0.25) is 0 Å². The van der Waals surface area contributed by atoms with Crippen LogP contribution in [-0.2, 0) is 9.47 Å². The molecule has 0 aliphatic carbocycles. The smallest absolute Gasteiger partial charge is 0.257 e. The average molecular weight is 366 g/mol. The first-order valence-electron chi connectivity index (χ1n) is 6.18. The number of hydrogen-bond acceptors (Lipinski definition) is 4. The van der Waals surface area contributed by atoms with E-state index in [1.54, 1.807) is 31.4 Å². The van der Waals surface area contributed by atoms with E-state index in [1.165, 1.54) is 0 Å². The van der Waals surface area contributed by atoms with Crippen LogP contribution in [0, 0.1) is 0 Å². The molecule has 20 heavy (non-hydrogen) atoms. The first-order chi connectivity index (χ1) is 9.60. The van der Waals surface area contributed by atoms with Gasteiger partial charge in [0.25, 0.3) is 5.91 Å². The molecule has 0 saturated carbocycles. The van der Waals surface area contributed by atoms with Gasteiger partial charge < -0.3 is 14.4 Å². The van der Waals surface area contributed by atoms with Crippen molar-refractivity contribution in [3.05, 3.63) is 27.5 Å². The van der Waals surface area contributed by atoms with Gasteiger partial charge >= 0.3 is 0 Å². The Balaban J connectivity index is 2.82. The summed E-state index contributed by atoms with van der Waals surface area (Å²) in [6, 6.07) is 1.67. The molecular weight excluding hydrogens is 348 g/mol. The number of carbonyl (C=O) groups excluding carboxylic acids is 1. The molecule has 1 amide bonds. The molecule has 0 bridgehead atoms. The van der Waals surface area contributed by atoms with Crippen LogP contribution in [0.5, 0.6) is 0 Å². The molecule has 0 fully saturated rings. The van der Waals surface area contributed by atoms with Crippen molar-refractivity contribution in [3.63, 3.8) is 0 Å². The lowest BCUT2D eigenvalue weighted by atomic mass is 10.2. The molecule has 0 aliphatic heterocycles. The topological polar surface area (TPSA) is 51.7 Å². The number of ether oxygens (including phenoxy) is 2. The van der Waals surface area contributed by atoms with Crippen LogP contribution in [-0.4, -0.2) is 56.3 Å². The highest BCUT2D eigenvalue weighted by Gasteiger charge is 2.19. The van der Waals surface area contributed by atoms with Gasteiger partial charge in [-0.05, 0) is 28.4 Å². The van der Waals surface area contributed by atoms with Gasteiger partial charge in [0, 0.05) is 44.6 Å². The van der Waals surface area contributed by atoms with Crippen molar-refractivity contribution in [2.24, 2.45) is 0 Å². The van der Waals surface area contributed by atoms with Gasteiger partial charge in [-0.1, -0.05) is 11.6 Å². The van der Waals surface area contributed by atoms with Crippen molar-refractivity contribution in [3.8, 4) is 0 Å². The highest BCUT2D eigenvalue weighted by atomic mass is 79.9.